The largest absolute Gasteiger partial charge is 0.508 e. The Hall–Kier alpha value is -4.44. The summed E-state index contributed by atoms with van der Waals surface area (Å²) in [5, 5.41) is 12.7. The fourth-order valence-corrected chi connectivity index (χ4v) is 7.33. The van der Waals surface area contributed by atoms with Crippen LogP contribution in [0.4, 0.5) is 10.1 Å². The van der Waals surface area contributed by atoms with Crippen LogP contribution < -0.4 is 16.3 Å². The average molecular weight is 575 g/mol. The minimum absolute atomic E-state index is 0.0536. The first-order valence-electron chi connectivity index (χ1n) is 13.2. The van der Waals surface area contributed by atoms with Crippen LogP contribution in [0.25, 0.3) is 10.8 Å². The molecule has 9 nitrogen and oxygen atoms in total. The van der Waals surface area contributed by atoms with Crippen molar-refractivity contribution in [3.63, 3.8) is 0 Å². The minimum atomic E-state index is -1.39. The third-order valence-corrected chi connectivity index (χ3v) is 9.42. The van der Waals surface area contributed by atoms with E-state index in [0.717, 1.165) is 20.9 Å². The van der Waals surface area contributed by atoms with E-state index in [1.165, 1.54) is 28.5 Å². The van der Waals surface area contributed by atoms with Crippen molar-refractivity contribution in [3.05, 3.63) is 104 Å². The number of rotatable bonds is 2. The third-order valence-electron chi connectivity index (χ3n) is 9.13. The molecule has 3 aromatic carbocycles. The van der Waals surface area contributed by atoms with Crippen LogP contribution >= 0.6 is 11.6 Å². The highest BCUT2D eigenvalue weighted by molar-refractivity contribution is 6.31. The quantitative estimate of drug-likeness (QED) is 0.289. The summed E-state index contributed by atoms with van der Waals surface area (Å²) in [5.41, 5.74) is -1.14. The molecule has 1 aromatic heterocycles. The van der Waals surface area contributed by atoms with Crippen LogP contribution in [0.2, 0.25) is 5.02 Å². The summed E-state index contributed by atoms with van der Waals surface area (Å²) in [5.74, 6) is -3.54. The number of benzene rings is 3. The Balaban J connectivity index is 1.52. The van der Waals surface area contributed by atoms with E-state index in [4.69, 9.17) is 11.6 Å². The predicted octanol–water partition coefficient (Wildman–Crippen LogP) is 3.86. The van der Waals surface area contributed by atoms with Gasteiger partial charge in [-0.05, 0) is 54.0 Å². The number of aromatic nitrogens is 3. The van der Waals surface area contributed by atoms with E-state index in [0.29, 0.717) is 16.5 Å². The number of aromatic hydroxyl groups is 1. The van der Waals surface area contributed by atoms with Gasteiger partial charge >= 0.3 is 11.4 Å². The summed E-state index contributed by atoms with van der Waals surface area (Å²) in [7, 11) is 1.40. The molecule has 2 fully saturated rings. The first-order chi connectivity index (χ1) is 19.6. The summed E-state index contributed by atoms with van der Waals surface area (Å²) < 4.78 is 17.7. The van der Waals surface area contributed by atoms with Crippen molar-refractivity contribution >= 4 is 39.9 Å². The summed E-state index contributed by atoms with van der Waals surface area (Å²) in [6, 6.07) is 13.7. The van der Waals surface area contributed by atoms with Gasteiger partial charge in [0.15, 0.2) is 0 Å². The lowest BCUT2D eigenvalue weighted by Gasteiger charge is -2.47. The molecule has 1 aliphatic carbocycles. The van der Waals surface area contributed by atoms with Crippen LogP contribution in [0.15, 0.2) is 75.8 Å². The number of nitrogens with zero attached hydrogens (tertiary/aromatic N) is 4. The Morgan fingerprint density at radius 2 is 1.78 bits per heavy atom. The molecule has 4 atom stereocenters. The van der Waals surface area contributed by atoms with E-state index in [1.54, 1.807) is 19.1 Å². The molecule has 4 aromatic rings. The number of hydrogen-bond donors (Lipinski definition) is 1. The first kappa shape index (κ1) is 25.5. The predicted molar refractivity (Wildman–Crippen MR) is 150 cm³/mol. The van der Waals surface area contributed by atoms with Crippen molar-refractivity contribution in [1.29, 1.82) is 0 Å². The topological polar surface area (TPSA) is 107 Å². The second kappa shape index (κ2) is 8.53. The van der Waals surface area contributed by atoms with Gasteiger partial charge in [-0.1, -0.05) is 48.0 Å². The molecule has 0 unspecified atom stereocenters. The Labute approximate surface area is 237 Å². The number of carbonyl (C=O) groups is 2. The molecule has 1 N–H and O–H groups in total. The summed E-state index contributed by atoms with van der Waals surface area (Å²) >= 11 is 6.04. The Morgan fingerprint density at radius 3 is 2.54 bits per heavy atom. The second-order valence-corrected chi connectivity index (χ2v) is 11.5. The number of hydrogen-bond acceptors (Lipinski definition) is 5. The van der Waals surface area contributed by atoms with E-state index in [-0.39, 0.29) is 29.4 Å². The summed E-state index contributed by atoms with van der Waals surface area (Å²) in [6.07, 6.45) is 1.90. The van der Waals surface area contributed by atoms with Crippen molar-refractivity contribution in [2.24, 2.45) is 18.4 Å². The monoisotopic (exact) mass is 574 g/mol. The van der Waals surface area contributed by atoms with Crippen molar-refractivity contribution in [1.82, 2.24) is 13.9 Å². The van der Waals surface area contributed by atoms with E-state index in [9.17, 15) is 28.7 Å². The van der Waals surface area contributed by atoms with E-state index < -0.39 is 52.3 Å². The van der Waals surface area contributed by atoms with Crippen LogP contribution in [-0.2, 0) is 23.2 Å². The highest BCUT2D eigenvalue weighted by atomic mass is 35.5. The normalized spacial score (nSPS) is 25.2. The molecule has 1 saturated carbocycles. The molecule has 0 spiro atoms. The molecular formula is C30H24ClFN4O5. The lowest BCUT2D eigenvalue weighted by atomic mass is 9.56. The molecule has 208 valence electrons. The zero-order valence-corrected chi connectivity index (χ0v) is 22.8. The van der Waals surface area contributed by atoms with Crippen LogP contribution in [0, 0.1) is 17.2 Å². The van der Waals surface area contributed by atoms with Gasteiger partial charge in [0, 0.05) is 18.5 Å². The maximum atomic E-state index is 14.5. The molecule has 2 aliphatic heterocycles. The lowest BCUT2D eigenvalue weighted by Crippen LogP contribution is -2.49. The van der Waals surface area contributed by atoms with Gasteiger partial charge in [-0.2, -0.15) is 0 Å². The number of imide groups is 1. The van der Waals surface area contributed by atoms with Crippen LogP contribution in [-0.4, -0.2) is 30.9 Å². The molecule has 41 heavy (non-hydrogen) atoms. The minimum Gasteiger partial charge on any atom is -0.508 e. The molecule has 3 heterocycles. The number of phenols is 1. The van der Waals surface area contributed by atoms with E-state index in [1.807, 2.05) is 30.3 Å². The van der Waals surface area contributed by atoms with Gasteiger partial charge in [0.1, 0.15) is 11.6 Å². The number of carbonyl (C=O) groups excluding carboxylic acids is 2. The van der Waals surface area contributed by atoms with Gasteiger partial charge in [-0.15, -0.1) is 0 Å². The Morgan fingerprint density at radius 1 is 1.02 bits per heavy atom. The number of halogens is 2. The number of fused-ring (bicyclic) bond motifs is 5. The summed E-state index contributed by atoms with van der Waals surface area (Å²) in [4.78, 5) is 55.8. The number of phenolic OH excluding ortho intramolecular Hbond substituents is 1. The second-order valence-electron chi connectivity index (χ2n) is 11.1. The Bertz CT molecular complexity index is 1990. The molecule has 11 heteroatoms. The van der Waals surface area contributed by atoms with Gasteiger partial charge < -0.3 is 5.11 Å². The average Bonchev–Trinajstić information content (AvgIpc) is 3.30. The lowest BCUT2D eigenvalue weighted by molar-refractivity contribution is -0.129. The molecule has 3 aliphatic rings. The van der Waals surface area contributed by atoms with Crippen molar-refractivity contribution in [2.75, 3.05) is 4.90 Å². The van der Waals surface area contributed by atoms with Crippen LogP contribution in [0.1, 0.15) is 30.9 Å². The van der Waals surface area contributed by atoms with Crippen molar-refractivity contribution < 1.29 is 19.1 Å². The maximum absolute atomic E-state index is 14.5. The van der Waals surface area contributed by atoms with E-state index >= 15 is 0 Å². The first-order valence-corrected chi connectivity index (χ1v) is 13.6. The summed E-state index contributed by atoms with van der Waals surface area (Å²) in [6.45, 7) is 1.80. The molecule has 0 bridgehead atoms. The molecule has 2 amide bonds. The SMILES string of the molecule is Cn1c(=O)n2n(c1=O)[C@@H]1C[C@H]3C(=O)N(c4ccc(F)c(Cl)c4)C(=O)[C@@]3(C)[C@@H](c3c(O)ccc4ccccc34)C1=CC2. The van der Waals surface area contributed by atoms with Gasteiger partial charge in [0.05, 0.1) is 34.6 Å². The maximum Gasteiger partial charge on any atom is 0.347 e. The molecule has 1 saturated heterocycles. The highest BCUT2D eigenvalue weighted by Crippen LogP contribution is 2.63. The number of anilines is 1. The van der Waals surface area contributed by atoms with Crippen LogP contribution in [0.5, 0.6) is 5.75 Å². The third kappa shape index (κ3) is 3.22. The zero-order valence-electron chi connectivity index (χ0n) is 22.0. The van der Waals surface area contributed by atoms with Crippen molar-refractivity contribution in [2.45, 2.75) is 31.8 Å². The van der Waals surface area contributed by atoms with Gasteiger partial charge in [-0.25, -0.2) is 32.8 Å². The smallest absolute Gasteiger partial charge is 0.347 e. The highest BCUT2D eigenvalue weighted by Gasteiger charge is 2.66. The van der Waals surface area contributed by atoms with Gasteiger partial charge in [0.25, 0.3) is 0 Å². The molecule has 0 radical (unpaired) electrons. The van der Waals surface area contributed by atoms with Crippen molar-refractivity contribution in [3.8, 4) is 5.75 Å². The standard InChI is InChI=1S/C30H24ClFN4O5/c1-30-19(26(38)35(27(30)39)16-8-9-21(32)20(31)13-16)14-22-18(11-12-34-28(40)33(2)29(41)36(22)34)25(30)24-17-6-4-3-5-15(17)7-10-23(24)37/h3-11,13,19,22,25,37H,12,14H2,1-2H3/t19-,22+,25+,30+/m0/s1. The number of amides is 2. The molecule has 7 rings (SSSR count). The van der Waals surface area contributed by atoms with Crippen LogP contribution in [0.3, 0.4) is 0 Å². The zero-order chi connectivity index (χ0) is 29.0. The fourth-order valence-electron chi connectivity index (χ4n) is 7.15. The molecular weight excluding hydrogens is 551 g/mol. The Kier molecular flexibility index (Phi) is 5.31. The van der Waals surface area contributed by atoms with E-state index in [2.05, 4.69) is 0 Å². The van der Waals surface area contributed by atoms with Gasteiger partial charge in [-0.3, -0.25) is 9.59 Å². The fraction of sp³-hybridized carbons (Fsp3) is 0.267. The van der Waals surface area contributed by atoms with Gasteiger partial charge in [0.2, 0.25) is 11.8 Å². The number of allylic oxidation sites excluding steroid dienone is 2.